The molecule has 1 rings (SSSR count). The molecule has 15 heavy (non-hydrogen) atoms. The summed E-state index contributed by atoms with van der Waals surface area (Å²) in [6.45, 7) is 6.98. The number of halogens is 1. The van der Waals surface area contributed by atoms with E-state index in [1.54, 1.807) is 0 Å². The predicted molar refractivity (Wildman–Crippen MR) is 64.2 cm³/mol. The second-order valence-electron chi connectivity index (χ2n) is 3.80. The Bertz CT molecular complexity index is 271. The van der Waals surface area contributed by atoms with Gasteiger partial charge in [0.1, 0.15) is 0 Å². The first-order valence-electron chi connectivity index (χ1n) is 5.58. The standard InChI is InChI=1S/C11H20ClN3/c1-3-15-9-11(8-14-15)7-13-6-4-5-10(2)12/h8-10,13H,3-7H2,1-2H3. The minimum absolute atomic E-state index is 0.287. The van der Waals surface area contributed by atoms with Crippen molar-refractivity contribution in [3.63, 3.8) is 0 Å². The van der Waals surface area contributed by atoms with Crippen LogP contribution in [0.1, 0.15) is 32.3 Å². The summed E-state index contributed by atoms with van der Waals surface area (Å²) in [5, 5.41) is 7.89. The van der Waals surface area contributed by atoms with Crippen LogP contribution in [0.2, 0.25) is 0 Å². The highest BCUT2D eigenvalue weighted by molar-refractivity contribution is 6.20. The van der Waals surface area contributed by atoms with Crippen LogP contribution in [0.15, 0.2) is 12.4 Å². The zero-order valence-corrected chi connectivity index (χ0v) is 10.3. The highest BCUT2D eigenvalue weighted by Crippen LogP contribution is 2.02. The minimum atomic E-state index is 0.287. The quantitative estimate of drug-likeness (QED) is 0.575. The number of hydrogen-bond donors (Lipinski definition) is 1. The molecule has 86 valence electrons. The first kappa shape index (κ1) is 12.5. The summed E-state index contributed by atoms with van der Waals surface area (Å²) >= 11 is 5.85. The second-order valence-corrected chi connectivity index (χ2v) is 4.55. The summed E-state index contributed by atoms with van der Waals surface area (Å²) in [5.41, 5.74) is 1.25. The van der Waals surface area contributed by atoms with Gasteiger partial charge in [0.05, 0.1) is 6.20 Å². The Morgan fingerprint density at radius 1 is 1.60 bits per heavy atom. The molecule has 0 saturated carbocycles. The molecule has 1 aromatic rings. The van der Waals surface area contributed by atoms with Crippen molar-refractivity contribution in [3.05, 3.63) is 18.0 Å². The van der Waals surface area contributed by atoms with E-state index in [0.717, 1.165) is 32.5 Å². The van der Waals surface area contributed by atoms with Crippen molar-refractivity contribution in [3.8, 4) is 0 Å². The van der Waals surface area contributed by atoms with E-state index < -0.39 is 0 Å². The Hall–Kier alpha value is -0.540. The van der Waals surface area contributed by atoms with E-state index >= 15 is 0 Å². The third kappa shape index (κ3) is 5.19. The molecule has 1 heterocycles. The van der Waals surface area contributed by atoms with Crippen LogP contribution in [-0.4, -0.2) is 21.7 Å². The van der Waals surface area contributed by atoms with Crippen LogP contribution in [0.4, 0.5) is 0 Å². The fourth-order valence-corrected chi connectivity index (χ4v) is 1.57. The molecule has 0 aromatic carbocycles. The Kier molecular flexibility index (Phi) is 5.73. The molecule has 0 fully saturated rings. The molecule has 4 heteroatoms. The summed E-state index contributed by atoms with van der Waals surface area (Å²) < 4.78 is 1.94. The van der Waals surface area contributed by atoms with Gasteiger partial charge in [-0.15, -0.1) is 11.6 Å². The second kappa shape index (κ2) is 6.85. The zero-order chi connectivity index (χ0) is 11.1. The molecule has 0 saturated heterocycles. The third-order valence-electron chi connectivity index (χ3n) is 2.30. The van der Waals surface area contributed by atoms with E-state index in [-0.39, 0.29) is 5.38 Å². The van der Waals surface area contributed by atoms with Gasteiger partial charge in [-0.25, -0.2) is 0 Å². The maximum absolute atomic E-state index is 5.85. The van der Waals surface area contributed by atoms with Crippen LogP contribution in [0, 0.1) is 0 Å². The minimum Gasteiger partial charge on any atom is -0.313 e. The molecular weight excluding hydrogens is 210 g/mol. The average molecular weight is 230 g/mol. The molecule has 1 atom stereocenters. The van der Waals surface area contributed by atoms with Crippen LogP contribution in [0.5, 0.6) is 0 Å². The Morgan fingerprint density at radius 3 is 3.00 bits per heavy atom. The van der Waals surface area contributed by atoms with E-state index in [0.29, 0.717) is 0 Å². The van der Waals surface area contributed by atoms with Gasteiger partial charge in [-0.2, -0.15) is 5.10 Å². The molecule has 0 aliphatic heterocycles. The smallest absolute Gasteiger partial charge is 0.0534 e. The molecule has 0 aliphatic rings. The van der Waals surface area contributed by atoms with Gasteiger partial charge in [0.25, 0.3) is 0 Å². The molecule has 0 bridgehead atoms. The monoisotopic (exact) mass is 229 g/mol. The first-order chi connectivity index (χ1) is 7.22. The maximum Gasteiger partial charge on any atom is 0.0534 e. The van der Waals surface area contributed by atoms with Crippen molar-refractivity contribution in [1.29, 1.82) is 0 Å². The lowest BCUT2D eigenvalue weighted by atomic mass is 10.2. The molecular formula is C11H20ClN3. The van der Waals surface area contributed by atoms with Crippen molar-refractivity contribution in [2.75, 3.05) is 6.54 Å². The first-order valence-corrected chi connectivity index (χ1v) is 6.02. The van der Waals surface area contributed by atoms with Crippen LogP contribution in [-0.2, 0) is 13.1 Å². The van der Waals surface area contributed by atoms with Crippen LogP contribution in [0.3, 0.4) is 0 Å². The summed E-state index contributed by atoms with van der Waals surface area (Å²) in [5.74, 6) is 0. The van der Waals surface area contributed by atoms with Gasteiger partial charge < -0.3 is 5.32 Å². The van der Waals surface area contributed by atoms with Gasteiger partial charge in [-0.3, -0.25) is 4.68 Å². The van der Waals surface area contributed by atoms with Crippen molar-refractivity contribution in [2.24, 2.45) is 0 Å². The maximum atomic E-state index is 5.85. The van der Waals surface area contributed by atoms with Crippen LogP contribution in [0.25, 0.3) is 0 Å². The van der Waals surface area contributed by atoms with Crippen LogP contribution >= 0.6 is 11.6 Å². The molecule has 0 radical (unpaired) electrons. The molecule has 0 spiro atoms. The molecule has 1 unspecified atom stereocenters. The number of alkyl halides is 1. The fraction of sp³-hybridized carbons (Fsp3) is 0.727. The molecule has 0 aliphatic carbocycles. The topological polar surface area (TPSA) is 29.9 Å². The van der Waals surface area contributed by atoms with Gasteiger partial charge in [0.15, 0.2) is 0 Å². The zero-order valence-electron chi connectivity index (χ0n) is 9.54. The molecule has 1 N–H and O–H groups in total. The van der Waals surface area contributed by atoms with Crippen molar-refractivity contribution >= 4 is 11.6 Å². The number of aryl methyl sites for hydroxylation is 1. The normalized spacial score (nSPS) is 13.0. The van der Waals surface area contributed by atoms with E-state index in [1.165, 1.54) is 5.56 Å². The van der Waals surface area contributed by atoms with Gasteiger partial charge in [-0.05, 0) is 33.2 Å². The third-order valence-corrected chi connectivity index (χ3v) is 2.51. The lowest BCUT2D eigenvalue weighted by molar-refractivity contribution is 0.617. The number of nitrogens with zero attached hydrogens (tertiary/aromatic N) is 2. The van der Waals surface area contributed by atoms with Crippen molar-refractivity contribution < 1.29 is 0 Å². The summed E-state index contributed by atoms with van der Waals surface area (Å²) in [4.78, 5) is 0. The Morgan fingerprint density at radius 2 is 2.40 bits per heavy atom. The largest absolute Gasteiger partial charge is 0.313 e. The van der Waals surface area contributed by atoms with Gasteiger partial charge >= 0.3 is 0 Å². The lowest BCUT2D eigenvalue weighted by Crippen LogP contribution is -2.15. The van der Waals surface area contributed by atoms with Crippen molar-refractivity contribution in [1.82, 2.24) is 15.1 Å². The molecule has 1 aromatic heterocycles. The van der Waals surface area contributed by atoms with E-state index in [1.807, 2.05) is 17.8 Å². The van der Waals surface area contributed by atoms with Crippen LogP contribution < -0.4 is 5.32 Å². The SMILES string of the molecule is CCn1cc(CNCCCC(C)Cl)cn1. The summed E-state index contributed by atoms with van der Waals surface area (Å²) in [6, 6.07) is 0. The number of aromatic nitrogens is 2. The predicted octanol–water partition coefficient (Wildman–Crippen LogP) is 2.40. The number of nitrogens with one attached hydrogen (secondary N) is 1. The molecule has 3 nitrogen and oxygen atoms in total. The van der Waals surface area contributed by atoms with E-state index in [4.69, 9.17) is 11.6 Å². The van der Waals surface area contributed by atoms with Gasteiger partial charge in [-0.1, -0.05) is 0 Å². The van der Waals surface area contributed by atoms with Crippen molar-refractivity contribution in [2.45, 2.75) is 45.2 Å². The summed E-state index contributed by atoms with van der Waals surface area (Å²) in [6.07, 6.45) is 6.20. The highest BCUT2D eigenvalue weighted by atomic mass is 35.5. The van der Waals surface area contributed by atoms with E-state index in [2.05, 4.69) is 23.5 Å². The Balaban J connectivity index is 2.09. The fourth-order valence-electron chi connectivity index (χ4n) is 1.41. The van der Waals surface area contributed by atoms with Gasteiger partial charge in [0, 0.05) is 30.2 Å². The Labute approximate surface area is 96.8 Å². The van der Waals surface area contributed by atoms with Gasteiger partial charge in [0.2, 0.25) is 0 Å². The highest BCUT2D eigenvalue weighted by Gasteiger charge is 1.98. The number of rotatable bonds is 7. The number of hydrogen-bond acceptors (Lipinski definition) is 2. The van der Waals surface area contributed by atoms with E-state index in [9.17, 15) is 0 Å². The average Bonchev–Trinajstić information content (AvgIpc) is 2.65. The molecule has 0 amide bonds. The lowest BCUT2D eigenvalue weighted by Gasteiger charge is -2.04. The summed E-state index contributed by atoms with van der Waals surface area (Å²) in [7, 11) is 0.